The van der Waals surface area contributed by atoms with Crippen molar-refractivity contribution in [2.24, 2.45) is 0 Å². The van der Waals surface area contributed by atoms with E-state index in [9.17, 15) is 18.0 Å². The second-order valence-electron chi connectivity index (χ2n) is 8.29. The Labute approximate surface area is 188 Å². The van der Waals surface area contributed by atoms with Gasteiger partial charge in [0.25, 0.3) is 0 Å². The lowest BCUT2D eigenvalue weighted by atomic mass is 9.94. The molecule has 168 valence electrons. The molecule has 5 nitrogen and oxygen atoms in total. The summed E-state index contributed by atoms with van der Waals surface area (Å²) in [5.41, 5.74) is 0.737. The molecule has 3 heterocycles. The van der Waals surface area contributed by atoms with Gasteiger partial charge in [0.15, 0.2) is 0 Å². The van der Waals surface area contributed by atoms with Gasteiger partial charge in [-0.1, -0.05) is 18.2 Å². The average molecular weight is 461 g/mol. The smallest absolute Gasteiger partial charge is 0.353 e. The van der Waals surface area contributed by atoms with Crippen LogP contribution in [-0.2, 0) is 23.8 Å². The average Bonchev–Trinajstić information content (AvgIpc) is 3.21. The van der Waals surface area contributed by atoms with Crippen molar-refractivity contribution >= 4 is 39.0 Å². The van der Waals surface area contributed by atoms with Gasteiger partial charge in [0.2, 0.25) is 5.91 Å². The lowest BCUT2D eigenvalue weighted by Gasteiger charge is -2.35. The zero-order valence-electron chi connectivity index (χ0n) is 17.4. The van der Waals surface area contributed by atoms with Gasteiger partial charge in [-0.2, -0.15) is 17.5 Å². The number of nitrogens with one attached hydrogen (secondary N) is 1. The molecule has 2 aliphatic rings. The monoisotopic (exact) mass is 460 g/mol. The fourth-order valence-corrected chi connectivity index (χ4v) is 5.31. The highest BCUT2D eigenvalue weighted by molar-refractivity contribution is 7.13. The number of hydrogen-bond acceptors (Lipinski definition) is 5. The van der Waals surface area contributed by atoms with Crippen LogP contribution in [0.3, 0.4) is 0 Å². The number of alkyl halides is 3. The molecule has 5 rings (SSSR count). The number of amides is 1. The van der Waals surface area contributed by atoms with E-state index in [0.717, 1.165) is 53.7 Å². The number of aromatic nitrogens is 1. The Morgan fingerprint density at radius 3 is 2.62 bits per heavy atom. The maximum atomic E-state index is 13.7. The van der Waals surface area contributed by atoms with Crippen molar-refractivity contribution in [2.75, 3.05) is 42.9 Å². The van der Waals surface area contributed by atoms with Crippen LogP contribution in [0.5, 0.6) is 0 Å². The molecule has 1 amide bonds. The third-order valence-corrected chi connectivity index (χ3v) is 7.07. The van der Waals surface area contributed by atoms with Crippen LogP contribution in [0.25, 0.3) is 10.1 Å². The maximum Gasteiger partial charge on any atom is 0.416 e. The molecule has 0 unspecified atom stereocenters. The molecule has 3 aromatic rings. The van der Waals surface area contributed by atoms with Crippen LogP contribution in [0, 0.1) is 0 Å². The highest BCUT2D eigenvalue weighted by Gasteiger charge is 2.35. The number of benzene rings is 2. The summed E-state index contributed by atoms with van der Waals surface area (Å²) in [6.07, 6.45) is -3.33. The van der Waals surface area contributed by atoms with Crippen molar-refractivity contribution in [1.29, 1.82) is 0 Å². The van der Waals surface area contributed by atoms with Crippen molar-refractivity contribution in [3.63, 3.8) is 0 Å². The molecule has 0 radical (unpaired) electrons. The number of hydrogen-bond donors (Lipinski definition) is 1. The third-order valence-electron chi connectivity index (χ3n) is 6.26. The first-order valence-electron chi connectivity index (χ1n) is 10.7. The topological polar surface area (TPSA) is 48.5 Å². The molecular formula is C23H23F3N4OS. The van der Waals surface area contributed by atoms with Crippen LogP contribution in [0.4, 0.5) is 24.7 Å². The van der Waals surface area contributed by atoms with Gasteiger partial charge in [-0.15, -0.1) is 0 Å². The summed E-state index contributed by atoms with van der Waals surface area (Å²) in [6.45, 7) is 3.74. The Kier molecular flexibility index (Phi) is 5.54. The Bertz CT molecular complexity index is 1150. The van der Waals surface area contributed by atoms with E-state index in [2.05, 4.69) is 31.6 Å². The molecule has 2 aromatic carbocycles. The molecule has 9 heteroatoms. The normalized spacial score (nSPS) is 17.5. The molecule has 1 N–H and O–H groups in total. The first kappa shape index (κ1) is 21.2. The third kappa shape index (κ3) is 4.19. The molecule has 1 aromatic heterocycles. The zero-order chi connectivity index (χ0) is 22.3. The van der Waals surface area contributed by atoms with E-state index < -0.39 is 11.7 Å². The number of carbonyl (C=O) groups excluding carboxylic acids is 1. The van der Waals surface area contributed by atoms with Gasteiger partial charge in [-0.3, -0.25) is 9.69 Å². The second kappa shape index (κ2) is 8.37. The van der Waals surface area contributed by atoms with Crippen LogP contribution in [-0.4, -0.2) is 47.9 Å². The summed E-state index contributed by atoms with van der Waals surface area (Å²) in [4.78, 5) is 16.1. The fraction of sp³-hybridized carbons (Fsp3) is 0.391. The van der Waals surface area contributed by atoms with Gasteiger partial charge in [0.1, 0.15) is 5.82 Å². The van der Waals surface area contributed by atoms with E-state index in [4.69, 9.17) is 0 Å². The molecular weight excluding hydrogens is 437 g/mol. The predicted molar refractivity (Wildman–Crippen MR) is 120 cm³/mol. The Hall–Kier alpha value is -2.65. The van der Waals surface area contributed by atoms with E-state index in [-0.39, 0.29) is 5.91 Å². The summed E-state index contributed by atoms with van der Waals surface area (Å²) in [5, 5.41) is 3.73. The van der Waals surface area contributed by atoms with Crippen LogP contribution >= 0.6 is 11.5 Å². The Balaban J connectivity index is 1.26. The summed E-state index contributed by atoms with van der Waals surface area (Å²) in [7, 11) is 0. The summed E-state index contributed by atoms with van der Waals surface area (Å²) in [6, 6.07) is 10.9. The SMILES string of the molecule is O=C1CCc2cc(CCN3CCN(c4nsc5ccccc45)CC3)c(C(F)(F)F)cc2N1. The minimum absolute atomic E-state index is 0.232. The number of piperazine rings is 1. The van der Waals surface area contributed by atoms with Crippen LogP contribution in [0.15, 0.2) is 36.4 Å². The highest BCUT2D eigenvalue weighted by Crippen LogP contribution is 2.37. The molecule has 0 atom stereocenters. The zero-order valence-corrected chi connectivity index (χ0v) is 18.2. The number of aryl methyl sites for hydroxylation is 1. The number of halogens is 3. The number of carbonyl (C=O) groups is 1. The van der Waals surface area contributed by atoms with Crippen molar-refractivity contribution in [1.82, 2.24) is 9.27 Å². The summed E-state index contributed by atoms with van der Waals surface area (Å²) >= 11 is 1.49. The van der Waals surface area contributed by atoms with Crippen molar-refractivity contribution in [3.05, 3.63) is 53.1 Å². The molecule has 0 bridgehead atoms. The molecule has 0 saturated carbocycles. The number of rotatable bonds is 4. The number of anilines is 2. The van der Waals surface area contributed by atoms with Crippen molar-refractivity contribution in [2.45, 2.75) is 25.4 Å². The first-order valence-corrected chi connectivity index (χ1v) is 11.5. The van der Waals surface area contributed by atoms with Gasteiger partial charge in [0.05, 0.1) is 10.3 Å². The molecule has 0 aliphatic carbocycles. The quantitative estimate of drug-likeness (QED) is 0.620. The van der Waals surface area contributed by atoms with Crippen molar-refractivity contribution < 1.29 is 18.0 Å². The minimum atomic E-state index is -4.45. The maximum absolute atomic E-state index is 13.7. The molecule has 1 fully saturated rings. The second-order valence-corrected chi connectivity index (χ2v) is 9.10. The van der Waals surface area contributed by atoms with Crippen LogP contribution in [0.1, 0.15) is 23.1 Å². The molecule has 1 saturated heterocycles. The van der Waals surface area contributed by atoms with Crippen LogP contribution < -0.4 is 10.2 Å². The minimum Gasteiger partial charge on any atom is -0.353 e. The largest absolute Gasteiger partial charge is 0.416 e. The van der Waals surface area contributed by atoms with Gasteiger partial charge in [-0.05, 0) is 53.7 Å². The molecule has 2 aliphatic heterocycles. The van der Waals surface area contributed by atoms with Gasteiger partial charge in [0, 0.05) is 50.2 Å². The van der Waals surface area contributed by atoms with E-state index in [1.54, 1.807) is 6.07 Å². The van der Waals surface area contributed by atoms with Gasteiger partial charge < -0.3 is 10.2 Å². The lowest BCUT2D eigenvalue weighted by Crippen LogP contribution is -2.47. The van der Waals surface area contributed by atoms with E-state index in [1.807, 2.05) is 12.1 Å². The molecule has 0 spiro atoms. The predicted octanol–water partition coefficient (Wildman–Crippen LogP) is 4.56. The fourth-order valence-electron chi connectivity index (χ4n) is 4.51. The van der Waals surface area contributed by atoms with E-state index >= 15 is 0 Å². The highest BCUT2D eigenvalue weighted by atomic mass is 32.1. The van der Waals surface area contributed by atoms with Crippen molar-refractivity contribution in [3.8, 4) is 0 Å². The number of nitrogens with zero attached hydrogens (tertiary/aromatic N) is 3. The van der Waals surface area contributed by atoms with E-state index in [1.165, 1.54) is 11.5 Å². The summed E-state index contributed by atoms with van der Waals surface area (Å²) in [5.74, 6) is 0.769. The van der Waals surface area contributed by atoms with Gasteiger partial charge >= 0.3 is 6.18 Å². The van der Waals surface area contributed by atoms with E-state index in [0.29, 0.717) is 37.1 Å². The Morgan fingerprint density at radius 2 is 1.84 bits per heavy atom. The molecule has 32 heavy (non-hydrogen) atoms. The standard InChI is InChI=1S/C23H23F3N4OS/c24-23(25,26)18-14-19-16(5-6-21(31)27-19)13-15(18)7-8-29-9-11-30(12-10-29)22-17-3-1-2-4-20(17)32-28-22/h1-4,13-14H,5-12H2,(H,27,31). The van der Waals surface area contributed by atoms with Crippen LogP contribution in [0.2, 0.25) is 0 Å². The van der Waals surface area contributed by atoms with Gasteiger partial charge in [-0.25, -0.2) is 0 Å². The lowest BCUT2D eigenvalue weighted by molar-refractivity contribution is -0.138. The Morgan fingerprint density at radius 1 is 1.06 bits per heavy atom. The number of fused-ring (bicyclic) bond motifs is 2. The summed E-state index contributed by atoms with van der Waals surface area (Å²) < 4.78 is 46.8. The first-order chi connectivity index (χ1) is 15.4.